The van der Waals surface area contributed by atoms with E-state index in [1.54, 1.807) is 18.3 Å². The Hall–Kier alpha value is -2.40. The van der Waals surface area contributed by atoms with Crippen molar-refractivity contribution in [3.63, 3.8) is 0 Å². The third-order valence-electron chi connectivity index (χ3n) is 3.28. The van der Waals surface area contributed by atoms with E-state index in [9.17, 15) is 4.79 Å². The fraction of sp³-hybridized carbons (Fsp3) is 0.250. The van der Waals surface area contributed by atoms with Crippen molar-refractivity contribution in [2.45, 2.75) is 25.8 Å². The Morgan fingerprint density at radius 3 is 2.71 bits per heavy atom. The van der Waals surface area contributed by atoms with Gasteiger partial charge in [0.2, 0.25) is 0 Å². The highest BCUT2D eigenvalue weighted by molar-refractivity contribution is 5.98. The quantitative estimate of drug-likeness (QED) is 0.560. The van der Waals surface area contributed by atoms with E-state index in [1.165, 1.54) is 5.56 Å². The number of pyridine rings is 1. The number of nitrogens with one attached hydrogen (secondary N) is 2. The normalized spacial score (nSPS) is 11.7. The van der Waals surface area contributed by atoms with E-state index in [0.717, 1.165) is 12.8 Å². The molecule has 0 fully saturated rings. The number of hydrogen-bond acceptors (Lipinski definition) is 4. The Balaban J connectivity index is 1.90. The molecule has 1 aromatic carbocycles. The fourth-order valence-corrected chi connectivity index (χ4v) is 2.11. The number of anilines is 1. The molecule has 5 nitrogen and oxygen atoms in total. The Morgan fingerprint density at radius 2 is 2.00 bits per heavy atom. The van der Waals surface area contributed by atoms with E-state index >= 15 is 0 Å². The monoisotopic (exact) mass is 284 g/mol. The number of benzene rings is 1. The number of hydrogen-bond donors (Lipinski definition) is 3. The number of amides is 1. The summed E-state index contributed by atoms with van der Waals surface area (Å²) in [5.41, 5.74) is 4.15. The van der Waals surface area contributed by atoms with E-state index in [-0.39, 0.29) is 11.9 Å². The zero-order valence-electron chi connectivity index (χ0n) is 12.0. The smallest absolute Gasteiger partial charge is 0.255 e. The summed E-state index contributed by atoms with van der Waals surface area (Å²) < 4.78 is 0. The maximum Gasteiger partial charge on any atom is 0.255 e. The largest absolute Gasteiger partial charge is 0.349 e. The molecule has 1 amide bonds. The maximum atomic E-state index is 12.2. The summed E-state index contributed by atoms with van der Waals surface area (Å²) in [6.45, 7) is 1.99. The molecule has 0 bridgehead atoms. The van der Waals surface area contributed by atoms with Gasteiger partial charge in [0.1, 0.15) is 0 Å². The van der Waals surface area contributed by atoms with E-state index in [0.29, 0.717) is 11.4 Å². The van der Waals surface area contributed by atoms with Crippen LogP contribution in [0, 0.1) is 0 Å². The SMILES string of the molecule is CC(CCc1ccccc1)NC(=O)c1cccnc1NN. The lowest BCUT2D eigenvalue weighted by Gasteiger charge is -2.15. The molecule has 0 saturated carbocycles. The second-order valence-electron chi connectivity index (χ2n) is 4.94. The summed E-state index contributed by atoms with van der Waals surface area (Å²) in [6, 6.07) is 13.7. The highest BCUT2D eigenvalue weighted by Gasteiger charge is 2.13. The number of aryl methyl sites for hydroxylation is 1. The van der Waals surface area contributed by atoms with Crippen LogP contribution in [0.5, 0.6) is 0 Å². The molecule has 2 rings (SSSR count). The number of nitrogens with two attached hydrogens (primary N) is 1. The molecule has 110 valence electrons. The molecule has 4 N–H and O–H groups in total. The third kappa shape index (κ3) is 4.29. The standard InChI is InChI=1S/C16H20N4O/c1-12(9-10-13-6-3-2-4-7-13)19-16(21)14-8-5-11-18-15(14)20-17/h2-8,11-12H,9-10,17H2,1H3,(H,18,20)(H,19,21). The van der Waals surface area contributed by atoms with E-state index in [4.69, 9.17) is 5.84 Å². The lowest BCUT2D eigenvalue weighted by atomic mass is 10.1. The van der Waals surface area contributed by atoms with Crippen molar-refractivity contribution in [1.82, 2.24) is 10.3 Å². The van der Waals surface area contributed by atoms with Crippen molar-refractivity contribution >= 4 is 11.7 Å². The molecule has 2 aromatic rings. The van der Waals surface area contributed by atoms with Crippen LogP contribution in [0.2, 0.25) is 0 Å². The summed E-state index contributed by atoms with van der Waals surface area (Å²) in [4.78, 5) is 16.2. The lowest BCUT2D eigenvalue weighted by molar-refractivity contribution is 0.0939. The molecule has 0 aliphatic rings. The van der Waals surface area contributed by atoms with Crippen molar-refractivity contribution in [1.29, 1.82) is 0 Å². The van der Waals surface area contributed by atoms with Gasteiger partial charge in [0.05, 0.1) is 5.56 Å². The van der Waals surface area contributed by atoms with Crippen LogP contribution in [0.3, 0.4) is 0 Å². The number of nitrogens with zero attached hydrogens (tertiary/aromatic N) is 1. The third-order valence-corrected chi connectivity index (χ3v) is 3.28. The number of hydrazine groups is 1. The van der Waals surface area contributed by atoms with Crippen molar-refractivity contribution in [2.75, 3.05) is 5.43 Å². The highest BCUT2D eigenvalue weighted by Crippen LogP contribution is 2.11. The summed E-state index contributed by atoms with van der Waals surface area (Å²) in [5, 5.41) is 2.97. The molecule has 1 aromatic heterocycles. The average molecular weight is 284 g/mol. The first kappa shape index (κ1) is 15.0. The second-order valence-corrected chi connectivity index (χ2v) is 4.94. The summed E-state index contributed by atoms with van der Waals surface area (Å²) in [6.07, 6.45) is 3.39. The van der Waals surface area contributed by atoms with Gasteiger partial charge in [-0.15, -0.1) is 0 Å². The van der Waals surface area contributed by atoms with Gasteiger partial charge in [-0.3, -0.25) is 4.79 Å². The Labute approximate surface area is 124 Å². The van der Waals surface area contributed by atoms with E-state index in [1.807, 2.05) is 25.1 Å². The molecule has 21 heavy (non-hydrogen) atoms. The maximum absolute atomic E-state index is 12.2. The molecule has 0 radical (unpaired) electrons. The number of nitrogen functional groups attached to an aromatic ring is 1. The fourth-order valence-electron chi connectivity index (χ4n) is 2.11. The van der Waals surface area contributed by atoms with Crippen LogP contribution < -0.4 is 16.6 Å². The highest BCUT2D eigenvalue weighted by atomic mass is 16.1. The summed E-state index contributed by atoms with van der Waals surface area (Å²) in [7, 11) is 0. The predicted octanol–water partition coefficient (Wildman–Crippen LogP) is 2.12. The van der Waals surface area contributed by atoms with Gasteiger partial charge in [0.25, 0.3) is 5.91 Å². The first-order valence-electron chi connectivity index (χ1n) is 6.97. The van der Waals surface area contributed by atoms with Gasteiger partial charge in [-0.1, -0.05) is 30.3 Å². The molecule has 1 atom stereocenters. The van der Waals surface area contributed by atoms with Crippen LogP contribution in [0.15, 0.2) is 48.7 Å². The Bertz CT molecular complexity index is 586. The second kappa shape index (κ2) is 7.40. The topological polar surface area (TPSA) is 80.0 Å². The van der Waals surface area contributed by atoms with Crippen LogP contribution in [-0.2, 0) is 6.42 Å². The number of rotatable bonds is 6. The summed E-state index contributed by atoms with van der Waals surface area (Å²) >= 11 is 0. The van der Waals surface area contributed by atoms with Gasteiger partial charge < -0.3 is 10.7 Å². The Morgan fingerprint density at radius 1 is 1.24 bits per heavy atom. The van der Waals surface area contributed by atoms with Crippen molar-refractivity contribution in [3.05, 3.63) is 59.8 Å². The Kier molecular flexibility index (Phi) is 5.29. The number of aromatic nitrogens is 1. The number of carbonyl (C=O) groups excluding carboxylic acids is 1. The zero-order chi connectivity index (χ0) is 15.1. The average Bonchev–Trinajstić information content (AvgIpc) is 2.53. The van der Waals surface area contributed by atoms with Gasteiger partial charge in [0.15, 0.2) is 5.82 Å². The molecule has 1 heterocycles. The minimum atomic E-state index is -0.170. The van der Waals surface area contributed by atoms with Gasteiger partial charge in [0, 0.05) is 12.2 Å². The van der Waals surface area contributed by atoms with Crippen LogP contribution in [0.4, 0.5) is 5.82 Å². The molecule has 5 heteroatoms. The van der Waals surface area contributed by atoms with Crippen molar-refractivity contribution in [2.24, 2.45) is 5.84 Å². The van der Waals surface area contributed by atoms with Crippen molar-refractivity contribution < 1.29 is 4.79 Å². The zero-order valence-corrected chi connectivity index (χ0v) is 12.0. The van der Waals surface area contributed by atoms with Gasteiger partial charge in [-0.25, -0.2) is 10.8 Å². The van der Waals surface area contributed by atoms with Gasteiger partial charge >= 0.3 is 0 Å². The first-order chi connectivity index (χ1) is 10.2. The lowest BCUT2D eigenvalue weighted by Crippen LogP contribution is -2.33. The summed E-state index contributed by atoms with van der Waals surface area (Å²) in [5.74, 6) is 5.57. The molecule has 0 aliphatic heterocycles. The molecule has 0 saturated heterocycles. The first-order valence-corrected chi connectivity index (χ1v) is 6.97. The van der Waals surface area contributed by atoms with E-state index < -0.39 is 0 Å². The van der Waals surface area contributed by atoms with E-state index in [2.05, 4.69) is 27.9 Å². The molecular weight excluding hydrogens is 264 g/mol. The predicted molar refractivity (Wildman–Crippen MR) is 83.7 cm³/mol. The van der Waals surface area contributed by atoms with Crippen molar-refractivity contribution in [3.8, 4) is 0 Å². The van der Waals surface area contributed by atoms with Gasteiger partial charge in [-0.05, 0) is 37.5 Å². The van der Waals surface area contributed by atoms with Crippen LogP contribution in [0.1, 0.15) is 29.3 Å². The number of carbonyl (C=O) groups is 1. The molecule has 0 spiro atoms. The minimum absolute atomic E-state index is 0.0727. The molecule has 0 aliphatic carbocycles. The van der Waals surface area contributed by atoms with Crippen LogP contribution in [-0.4, -0.2) is 16.9 Å². The molecule has 1 unspecified atom stereocenters. The minimum Gasteiger partial charge on any atom is -0.349 e. The molecular formula is C16H20N4O. The van der Waals surface area contributed by atoms with Gasteiger partial charge in [-0.2, -0.15) is 0 Å². The van der Waals surface area contributed by atoms with Crippen LogP contribution in [0.25, 0.3) is 0 Å². The van der Waals surface area contributed by atoms with Crippen LogP contribution >= 0.6 is 0 Å².